The first-order valence-corrected chi connectivity index (χ1v) is 9.76. The molecule has 0 unspecified atom stereocenters. The zero-order valence-corrected chi connectivity index (χ0v) is 15.4. The quantitative estimate of drug-likeness (QED) is 0.535. The molecule has 1 fully saturated rings. The van der Waals surface area contributed by atoms with Gasteiger partial charge in [-0.05, 0) is 49.9 Å². The molecular formula is C17H20F3NO5S. The molecule has 1 heterocycles. The Labute approximate surface area is 155 Å². The van der Waals surface area contributed by atoms with Gasteiger partial charge in [-0.2, -0.15) is 4.31 Å². The summed E-state index contributed by atoms with van der Waals surface area (Å²) in [5.41, 5.74) is 0. The van der Waals surface area contributed by atoms with Gasteiger partial charge in [0.2, 0.25) is 10.0 Å². The third kappa shape index (κ3) is 6.24. The van der Waals surface area contributed by atoms with Crippen molar-refractivity contribution in [2.45, 2.75) is 31.0 Å². The molecule has 1 aliphatic rings. The number of benzene rings is 1. The number of allylic oxidation sites excluding steroid dienone is 1. The van der Waals surface area contributed by atoms with Gasteiger partial charge in [0.05, 0.1) is 11.5 Å². The molecule has 0 radical (unpaired) electrons. The molecule has 0 aromatic heterocycles. The smallest absolute Gasteiger partial charge is 0.463 e. The number of ether oxygens (including phenoxy) is 2. The van der Waals surface area contributed by atoms with Gasteiger partial charge in [-0.3, -0.25) is 0 Å². The second kappa shape index (κ2) is 8.75. The summed E-state index contributed by atoms with van der Waals surface area (Å²) < 4.78 is 71.6. The fraction of sp³-hybridized carbons (Fsp3) is 0.471. The molecule has 10 heteroatoms. The molecule has 0 N–H and O–H groups in total. The number of rotatable bonds is 6. The Balaban J connectivity index is 1.97. The van der Waals surface area contributed by atoms with E-state index in [1.807, 2.05) is 0 Å². The fourth-order valence-electron chi connectivity index (χ4n) is 2.68. The topological polar surface area (TPSA) is 72.9 Å². The van der Waals surface area contributed by atoms with E-state index in [1.54, 1.807) is 13.0 Å². The number of hydrogen-bond acceptors (Lipinski definition) is 5. The predicted octanol–water partition coefficient (Wildman–Crippen LogP) is 3.11. The van der Waals surface area contributed by atoms with Crippen molar-refractivity contribution in [1.82, 2.24) is 4.31 Å². The third-order valence-electron chi connectivity index (χ3n) is 3.98. The Morgan fingerprint density at radius 2 is 1.81 bits per heavy atom. The number of esters is 1. The number of nitrogens with zero attached hydrogens (tertiary/aromatic N) is 1. The molecule has 0 atom stereocenters. The summed E-state index contributed by atoms with van der Waals surface area (Å²) in [5.74, 6) is -0.860. The van der Waals surface area contributed by atoms with E-state index in [4.69, 9.17) is 4.74 Å². The van der Waals surface area contributed by atoms with Crippen LogP contribution in [0.25, 0.3) is 0 Å². The van der Waals surface area contributed by atoms with Crippen LogP contribution in [0.2, 0.25) is 0 Å². The SMILES string of the molecule is CCOC(=O)/C=C/C1CCN(S(=O)(=O)c2ccc(OC(F)(F)F)cc2)CC1. The molecule has 6 nitrogen and oxygen atoms in total. The number of hydrogen-bond donors (Lipinski definition) is 0. The second-order valence-corrected chi connectivity index (χ2v) is 7.81. The average molecular weight is 407 g/mol. The molecule has 0 saturated carbocycles. The average Bonchev–Trinajstić information content (AvgIpc) is 2.60. The van der Waals surface area contributed by atoms with Crippen LogP contribution < -0.4 is 4.74 Å². The van der Waals surface area contributed by atoms with Gasteiger partial charge < -0.3 is 9.47 Å². The van der Waals surface area contributed by atoms with Gasteiger partial charge in [-0.15, -0.1) is 13.2 Å². The predicted molar refractivity (Wildman–Crippen MR) is 90.4 cm³/mol. The van der Waals surface area contributed by atoms with Crippen molar-refractivity contribution in [1.29, 1.82) is 0 Å². The summed E-state index contributed by atoms with van der Waals surface area (Å²) >= 11 is 0. The van der Waals surface area contributed by atoms with Gasteiger partial charge in [0.25, 0.3) is 0 Å². The van der Waals surface area contributed by atoms with Crippen molar-refractivity contribution in [2.75, 3.05) is 19.7 Å². The zero-order valence-electron chi connectivity index (χ0n) is 14.6. The first-order valence-electron chi connectivity index (χ1n) is 8.32. The van der Waals surface area contributed by atoms with Crippen molar-refractivity contribution in [3.8, 4) is 5.75 Å². The van der Waals surface area contributed by atoms with Crippen molar-refractivity contribution >= 4 is 16.0 Å². The molecular weight excluding hydrogens is 387 g/mol. The molecule has 1 aromatic rings. The highest BCUT2D eigenvalue weighted by Crippen LogP contribution is 2.27. The lowest BCUT2D eigenvalue weighted by molar-refractivity contribution is -0.274. The minimum atomic E-state index is -4.83. The van der Waals surface area contributed by atoms with Crippen LogP contribution in [-0.2, 0) is 19.6 Å². The van der Waals surface area contributed by atoms with Crippen molar-refractivity contribution in [2.24, 2.45) is 5.92 Å². The number of sulfonamides is 1. The Hall–Kier alpha value is -2.07. The first kappa shape index (κ1) is 21.2. The summed E-state index contributed by atoms with van der Waals surface area (Å²) in [6.07, 6.45) is -0.711. The molecule has 27 heavy (non-hydrogen) atoms. The molecule has 1 saturated heterocycles. The van der Waals surface area contributed by atoms with Gasteiger partial charge >= 0.3 is 12.3 Å². The van der Waals surface area contributed by atoms with Crippen LogP contribution in [0.4, 0.5) is 13.2 Å². The van der Waals surface area contributed by atoms with E-state index in [-0.39, 0.29) is 30.5 Å². The molecule has 1 aromatic carbocycles. The van der Waals surface area contributed by atoms with Crippen molar-refractivity contribution in [3.05, 3.63) is 36.4 Å². The van der Waals surface area contributed by atoms with Gasteiger partial charge in [0.15, 0.2) is 0 Å². The minimum Gasteiger partial charge on any atom is -0.463 e. The van der Waals surface area contributed by atoms with E-state index in [1.165, 1.54) is 10.4 Å². The van der Waals surface area contributed by atoms with E-state index in [0.717, 1.165) is 24.3 Å². The van der Waals surface area contributed by atoms with E-state index in [2.05, 4.69) is 4.74 Å². The van der Waals surface area contributed by atoms with Crippen LogP contribution in [0.15, 0.2) is 41.3 Å². The maximum absolute atomic E-state index is 12.6. The fourth-order valence-corrected chi connectivity index (χ4v) is 4.15. The van der Waals surface area contributed by atoms with Crippen LogP contribution in [0.1, 0.15) is 19.8 Å². The number of piperidine rings is 1. The van der Waals surface area contributed by atoms with Gasteiger partial charge in [-0.25, -0.2) is 13.2 Å². The number of halogens is 3. The Morgan fingerprint density at radius 1 is 1.22 bits per heavy atom. The van der Waals surface area contributed by atoms with Crippen LogP contribution in [0, 0.1) is 5.92 Å². The number of carbonyl (C=O) groups is 1. The van der Waals surface area contributed by atoms with E-state index >= 15 is 0 Å². The molecule has 0 aliphatic carbocycles. The number of alkyl halides is 3. The lowest BCUT2D eigenvalue weighted by Crippen LogP contribution is -2.38. The number of carbonyl (C=O) groups excluding carboxylic acids is 1. The third-order valence-corrected chi connectivity index (χ3v) is 5.90. The standard InChI is InChI=1S/C17H20F3NO5S/c1-2-25-16(22)8-3-13-9-11-21(12-10-13)27(23,24)15-6-4-14(5-7-15)26-17(18,19)20/h3-8,13H,2,9-12H2,1H3/b8-3+. The zero-order chi connectivity index (χ0) is 20.1. The maximum atomic E-state index is 12.6. The highest BCUT2D eigenvalue weighted by atomic mass is 32.2. The van der Waals surface area contributed by atoms with Gasteiger partial charge in [0.1, 0.15) is 5.75 Å². The molecule has 0 spiro atoms. The van der Waals surface area contributed by atoms with Crippen LogP contribution in [0.3, 0.4) is 0 Å². The van der Waals surface area contributed by atoms with Crippen molar-refractivity contribution < 1.29 is 35.9 Å². The molecule has 0 bridgehead atoms. The minimum absolute atomic E-state index is 0.0587. The normalized spacial score (nSPS) is 17.2. The summed E-state index contributed by atoms with van der Waals surface area (Å²) in [4.78, 5) is 11.2. The summed E-state index contributed by atoms with van der Waals surface area (Å²) in [5, 5.41) is 0. The van der Waals surface area contributed by atoms with Crippen molar-refractivity contribution in [3.63, 3.8) is 0 Å². The van der Waals surface area contributed by atoms with Crippen LogP contribution in [0.5, 0.6) is 5.75 Å². The lowest BCUT2D eigenvalue weighted by atomic mass is 9.98. The van der Waals surface area contributed by atoms with E-state index in [9.17, 15) is 26.4 Å². The van der Waals surface area contributed by atoms with E-state index in [0.29, 0.717) is 12.8 Å². The highest BCUT2D eigenvalue weighted by molar-refractivity contribution is 7.89. The van der Waals surface area contributed by atoms with Crippen LogP contribution >= 0.6 is 0 Å². The Kier molecular flexibility index (Phi) is 6.88. The Bertz CT molecular complexity index is 767. The Morgan fingerprint density at radius 3 is 2.33 bits per heavy atom. The largest absolute Gasteiger partial charge is 0.573 e. The molecule has 2 rings (SSSR count). The maximum Gasteiger partial charge on any atom is 0.573 e. The first-order chi connectivity index (χ1) is 12.6. The van der Waals surface area contributed by atoms with Gasteiger partial charge in [0, 0.05) is 19.2 Å². The monoisotopic (exact) mass is 407 g/mol. The van der Waals surface area contributed by atoms with E-state index < -0.39 is 28.1 Å². The molecule has 1 aliphatic heterocycles. The summed E-state index contributed by atoms with van der Waals surface area (Å²) in [7, 11) is -3.80. The second-order valence-electron chi connectivity index (χ2n) is 5.87. The summed E-state index contributed by atoms with van der Waals surface area (Å²) in [6.45, 7) is 2.49. The lowest BCUT2D eigenvalue weighted by Gasteiger charge is -2.29. The van der Waals surface area contributed by atoms with Crippen LogP contribution in [-0.4, -0.2) is 44.8 Å². The summed E-state index contributed by atoms with van der Waals surface area (Å²) in [6, 6.07) is 4.11. The van der Waals surface area contributed by atoms with Gasteiger partial charge in [-0.1, -0.05) is 6.08 Å². The molecule has 150 valence electrons. The highest BCUT2D eigenvalue weighted by Gasteiger charge is 2.32. The molecule has 0 amide bonds.